The molecule has 6 heteroatoms. The number of halogens is 1. The van der Waals surface area contributed by atoms with Crippen molar-refractivity contribution in [2.75, 3.05) is 19.6 Å². The van der Waals surface area contributed by atoms with Crippen molar-refractivity contribution in [1.29, 1.82) is 0 Å². The summed E-state index contributed by atoms with van der Waals surface area (Å²) in [7, 11) is 0. The molecule has 1 N–H and O–H groups in total. The Morgan fingerprint density at radius 1 is 1.52 bits per heavy atom. The third kappa shape index (κ3) is 4.47. The molecule has 0 spiro atoms. The highest BCUT2D eigenvalue weighted by Crippen LogP contribution is 2.22. The first-order valence-electron chi connectivity index (χ1n) is 7.48. The maximum atomic E-state index is 13.4. The normalized spacial score (nSPS) is 18.3. The predicted octanol–water partition coefficient (Wildman–Crippen LogP) is 2.70. The average molecular weight is 295 g/mol. The summed E-state index contributed by atoms with van der Waals surface area (Å²) in [5, 5.41) is 14.5. The quantitative estimate of drug-likeness (QED) is 0.620. The van der Waals surface area contributed by atoms with Crippen molar-refractivity contribution >= 4 is 5.69 Å². The maximum Gasteiger partial charge on any atom is 0.274 e. The molecule has 1 unspecified atom stereocenters. The van der Waals surface area contributed by atoms with Gasteiger partial charge in [0.05, 0.1) is 4.92 Å². The second-order valence-electron chi connectivity index (χ2n) is 5.56. The second kappa shape index (κ2) is 7.47. The number of nitro groups is 1. The lowest BCUT2D eigenvalue weighted by atomic mass is 10.1. The molecule has 1 aromatic rings. The molecule has 0 radical (unpaired) electrons. The minimum absolute atomic E-state index is 0.00289. The highest BCUT2D eigenvalue weighted by Gasteiger charge is 2.21. The van der Waals surface area contributed by atoms with E-state index in [0.29, 0.717) is 18.2 Å². The van der Waals surface area contributed by atoms with Crippen LogP contribution in [0.15, 0.2) is 18.2 Å². The van der Waals surface area contributed by atoms with Crippen LogP contribution in [0.4, 0.5) is 10.1 Å². The van der Waals surface area contributed by atoms with Gasteiger partial charge in [0, 0.05) is 30.8 Å². The lowest BCUT2D eigenvalue weighted by molar-refractivity contribution is -0.385. The second-order valence-corrected chi connectivity index (χ2v) is 5.56. The summed E-state index contributed by atoms with van der Waals surface area (Å²) in [6.45, 7) is 5.23. The zero-order chi connectivity index (χ0) is 15.2. The zero-order valence-corrected chi connectivity index (χ0v) is 12.3. The van der Waals surface area contributed by atoms with Gasteiger partial charge in [0.25, 0.3) is 5.69 Å². The summed E-state index contributed by atoms with van der Waals surface area (Å²) in [5.74, 6) is -0.425. The largest absolute Gasteiger partial charge is 0.313 e. The van der Waals surface area contributed by atoms with Crippen LogP contribution >= 0.6 is 0 Å². The van der Waals surface area contributed by atoms with E-state index < -0.39 is 10.7 Å². The van der Waals surface area contributed by atoms with E-state index in [9.17, 15) is 14.5 Å². The van der Waals surface area contributed by atoms with E-state index >= 15 is 0 Å². The van der Waals surface area contributed by atoms with E-state index in [4.69, 9.17) is 0 Å². The molecule has 21 heavy (non-hydrogen) atoms. The molecule has 1 saturated heterocycles. The van der Waals surface area contributed by atoms with Gasteiger partial charge in [-0.2, -0.15) is 0 Å². The summed E-state index contributed by atoms with van der Waals surface area (Å²) in [6.07, 6.45) is 3.27. The van der Waals surface area contributed by atoms with Crippen LogP contribution < -0.4 is 5.32 Å². The van der Waals surface area contributed by atoms with Gasteiger partial charge in [0.1, 0.15) is 5.82 Å². The Bertz CT molecular complexity index is 490. The van der Waals surface area contributed by atoms with E-state index in [-0.39, 0.29) is 5.69 Å². The van der Waals surface area contributed by atoms with Gasteiger partial charge in [-0.05, 0) is 44.5 Å². The number of hydrogen-bond acceptors (Lipinski definition) is 4. The number of nitro benzene ring substituents is 1. The molecule has 116 valence electrons. The molecular weight excluding hydrogens is 273 g/mol. The van der Waals surface area contributed by atoms with Crippen molar-refractivity contribution < 1.29 is 9.31 Å². The minimum atomic E-state index is -0.438. The molecule has 0 aliphatic carbocycles. The number of benzene rings is 1. The van der Waals surface area contributed by atoms with Crippen molar-refractivity contribution in [3.8, 4) is 0 Å². The standard InChI is InChI=1S/C15H22FN3O2/c1-2-8-18(11-14-4-3-7-17-14)10-12-9-13(16)5-6-15(12)19(20)21/h5-6,9,14,17H,2-4,7-8,10-11H2,1H3. The third-order valence-electron chi connectivity index (χ3n) is 3.81. The highest BCUT2D eigenvalue weighted by molar-refractivity contribution is 5.40. The maximum absolute atomic E-state index is 13.4. The van der Waals surface area contributed by atoms with Crippen LogP contribution in [0.2, 0.25) is 0 Å². The monoisotopic (exact) mass is 295 g/mol. The summed E-state index contributed by atoms with van der Waals surface area (Å²) in [6, 6.07) is 4.11. The lowest BCUT2D eigenvalue weighted by Gasteiger charge is -2.25. The van der Waals surface area contributed by atoms with E-state index in [1.165, 1.54) is 18.6 Å². The Kier molecular flexibility index (Phi) is 5.64. The molecule has 1 heterocycles. The van der Waals surface area contributed by atoms with Crippen LogP contribution in [0, 0.1) is 15.9 Å². The summed E-state index contributed by atoms with van der Waals surface area (Å²) < 4.78 is 13.4. The molecule has 1 fully saturated rings. The number of nitrogens with zero attached hydrogens (tertiary/aromatic N) is 2. The van der Waals surface area contributed by atoms with Gasteiger partial charge in [0.15, 0.2) is 0 Å². The summed E-state index contributed by atoms with van der Waals surface area (Å²) in [5.41, 5.74) is 0.448. The van der Waals surface area contributed by atoms with Gasteiger partial charge in [-0.1, -0.05) is 6.92 Å². The van der Waals surface area contributed by atoms with Crippen LogP contribution in [0.1, 0.15) is 31.7 Å². The fourth-order valence-corrected chi connectivity index (χ4v) is 2.88. The summed E-state index contributed by atoms with van der Waals surface area (Å²) >= 11 is 0. The average Bonchev–Trinajstić information content (AvgIpc) is 2.91. The van der Waals surface area contributed by atoms with Crippen LogP contribution in [0.25, 0.3) is 0 Å². The molecule has 5 nitrogen and oxygen atoms in total. The van der Waals surface area contributed by atoms with E-state index in [1.54, 1.807) is 0 Å². The summed E-state index contributed by atoms with van der Waals surface area (Å²) in [4.78, 5) is 12.8. The molecule has 1 atom stereocenters. The van der Waals surface area contributed by atoms with Crippen molar-refractivity contribution in [2.45, 2.75) is 38.8 Å². The van der Waals surface area contributed by atoms with Crippen molar-refractivity contribution in [2.24, 2.45) is 0 Å². The lowest BCUT2D eigenvalue weighted by Crippen LogP contribution is -2.37. The van der Waals surface area contributed by atoms with E-state index in [0.717, 1.165) is 38.5 Å². The fourth-order valence-electron chi connectivity index (χ4n) is 2.88. The Balaban J connectivity index is 2.11. The van der Waals surface area contributed by atoms with E-state index in [1.807, 2.05) is 0 Å². The van der Waals surface area contributed by atoms with Crippen LogP contribution in [-0.4, -0.2) is 35.5 Å². The van der Waals surface area contributed by atoms with Gasteiger partial charge in [-0.25, -0.2) is 4.39 Å². The highest BCUT2D eigenvalue weighted by atomic mass is 19.1. The number of rotatable bonds is 7. The van der Waals surface area contributed by atoms with Gasteiger partial charge in [0.2, 0.25) is 0 Å². The van der Waals surface area contributed by atoms with Crippen LogP contribution in [-0.2, 0) is 6.54 Å². The zero-order valence-electron chi connectivity index (χ0n) is 12.3. The number of hydrogen-bond donors (Lipinski definition) is 1. The molecule has 0 bridgehead atoms. The first-order valence-corrected chi connectivity index (χ1v) is 7.48. The molecule has 2 rings (SSSR count). The number of nitrogens with one attached hydrogen (secondary N) is 1. The Labute approximate surface area is 124 Å². The predicted molar refractivity (Wildman–Crippen MR) is 79.6 cm³/mol. The Morgan fingerprint density at radius 3 is 2.95 bits per heavy atom. The molecule has 1 aliphatic heterocycles. The van der Waals surface area contributed by atoms with Gasteiger partial charge in [-0.3, -0.25) is 15.0 Å². The molecule has 1 aliphatic rings. The first-order chi connectivity index (χ1) is 10.1. The molecular formula is C15H22FN3O2. The van der Waals surface area contributed by atoms with Crippen molar-refractivity contribution in [3.05, 3.63) is 39.7 Å². The smallest absolute Gasteiger partial charge is 0.274 e. The Morgan fingerprint density at radius 2 is 2.33 bits per heavy atom. The minimum Gasteiger partial charge on any atom is -0.313 e. The van der Waals surface area contributed by atoms with E-state index in [2.05, 4.69) is 17.1 Å². The van der Waals surface area contributed by atoms with Crippen molar-refractivity contribution in [3.63, 3.8) is 0 Å². The van der Waals surface area contributed by atoms with Crippen LogP contribution in [0.3, 0.4) is 0 Å². The fraction of sp³-hybridized carbons (Fsp3) is 0.600. The molecule has 0 aromatic heterocycles. The molecule has 0 saturated carbocycles. The van der Waals surface area contributed by atoms with Gasteiger partial charge >= 0.3 is 0 Å². The first kappa shape index (κ1) is 15.9. The van der Waals surface area contributed by atoms with Crippen LogP contribution in [0.5, 0.6) is 0 Å². The topological polar surface area (TPSA) is 58.4 Å². The molecule has 0 amide bonds. The SMILES string of the molecule is CCCN(Cc1cc(F)ccc1[N+](=O)[O-])CC1CCCN1. The van der Waals surface area contributed by atoms with Gasteiger partial charge in [-0.15, -0.1) is 0 Å². The molecule has 1 aromatic carbocycles. The van der Waals surface area contributed by atoms with Gasteiger partial charge < -0.3 is 5.32 Å². The Hall–Kier alpha value is -1.53. The third-order valence-corrected chi connectivity index (χ3v) is 3.81. The van der Waals surface area contributed by atoms with Crippen molar-refractivity contribution in [1.82, 2.24) is 10.2 Å².